The van der Waals surface area contributed by atoms with Crippen LogP contribution in [0, 0.1) is 0 Å². The number of hydrazone groups is 1. The molecule has 0 spiro atoms. The summed E-state index contributed by atoms with van der Waals surface area (Å²) in [7, 11) is 0. The molecular weight excluding hydrogens is 301 g/mol. The number of thiocarbonyl (C=S) groups is 1. The minimum atomic E-state index is 0.360. The largest absolute Gasteiger partial charge is 0.362 e. The van der Waals surface area contributed by atoms with Crippen LogP contribution in [-0.4, -0.2) is 17.9 Å². The lowest BCUT2D eigenvalue weighted by Crippen LogP contribution is -2.31. The Kier molecular flexibility index (Phi) is 5.98. The van der Waals surface area contributed by atoms with E-state index in [1.54, 1.807) is 12.1 Å². The maximum Gasteiger partial charge on any atom is 0.186 e. The lowest BCUT2D eigenvalue weighted by molar-refractivity contribution is 0.904. The fourth-order valence-corrected chi connectivity index (χ4v) is 1.85. The first-order chi connectivity index (χ1) is 8.06. The summed E-state index contributed by atoms with van der Waals surface area (Å²) < 4.78 is 0. The highest BCUT2D eigenvalue weighted by atomic mass is 35.5. The highest BCUT2D eigenvalue weighted by Crippen LogP contribution is 2.29. The summed E-state index contributed by atoms with van der Waals surface area (Å²) in [4.78, 5) is 0. The standard InChI is InChI=1S/C10H10Cl3N3S/c1-2-14-10(17)16-15-5-6-7(11)3-4-8(12)9(6)13/h3-5H,2H2,1H3,(H2,14,16,17). The Balaban J connectivity index is 2.78. The minimum Gasteiger partial charge on any atom is -0.362 e. The molecule has 3 nitrogen and oxygen atoms in total. The summed E-state index contributed by atoms with van der Waals surface area (Å²) in [5, 5.41) is 8.49. The minimum absolute atomic E-state index is 0.360. The van der Waals surface area contributed by atoms with Crippen molar-refractivity contribution in [2.24, 2.45) is 5.10 Å². The van der Waals surface area contributed by atoms with Crippen LogP contribution < -0.4 is 10.7 Å². The van der Waals surface area contributed by atoms with E-state index in [4.69, 9.17) is 47.0 Å². The van der Waals surface area contributed by atoms with Gasteiger partial charge in [-0.05, 0) is 31.3 Å². The number of rotatable bonds is 3. The van der Waals surface area contributed by atoms with Gasteiger partial charge in [-0.25, -0.2) is 0 Å². The third kappa shape index (κ3) is 4.32. The third-order valence-electron chi connectivity index (χ3n) is 1.78. The van der Waals surface area contributed by atoms with E-state index in [2.05, 4.69) is 15.8 Å². The normalized spacial score (nSPS) is 10.6. The molecule has 7 heteroatoms. The first kappa shape index (κ1) is 14.5. The predicted octanol–water partition coefficient (Wildman–Crippen LogP) is 3.46. The van der Waals surface area contributed by atoms with E-state index in [0.29, 0.717) is 25.7 Å². The van der Waals surface area contributed by atoms with Crippen LogP contribution in [0.1, 0.15) is 12.5 Å². The molecule has 0 saturated heterocycles. The molecule has 1 aromatic rings. The Morgan fingerprint density at radius 1 is 1.35 bits per heavy atom. The number of nitrogens with one attached hydrogen (secondary N) is 2. The van der Waals surface area contributed by atoms with Crippen molar-refractivity contribution >= 4 is 58.3 Å². The van der Waals surface area contributed by atoms with Crippen molar-refractivity contribution < 1.29 is 0 Å². The van der Waals surface area contributed by atoms with Gasteiger partial charge in [0.1, 0.15) is 0 Å². The maximum absolute atomic E-state index is 5.99. The Morgan fingerprint density at radius 3 is 2.65 bits per heavy atom. The fourth-order valence-electron chi connectivity index (χ4n) is 1.02. The maximum atomic E-state index is 5.99. The molecule has 0 aliphatic rings. The van der Waals surface area contributed by atoms with Gasteiger partial charge in [-0.1, -0.05) is 34.8 Å². The average Bonchev–Trinajstić information content (AvgIpc) is 2.29. The van der Waals surface area contributed by atoms with Gasteiger partial charge in [0.15, 0.2) is 5.11 Å². The van der Waals surface area contributed by atoms with E-state index < -0.39 is 0 Å². The number of halogens is 3. The van der Waals surface area contributed by atoms with Crippen LogP contribution >= 0.6 is 47.0 Å². The molecule has 17 heavy (non-hydrogen) atoms. The molecule has 0 bridgehead atoms. The topological polar surface area (TPSA) is 36.4 Å². The van der Waals surface area contributed by atoms with Gasteiger partial charge in [0.05, 0.1) is 21.3 Å². The van der Waals surface area contributed by atoms with Crippen LogP contribution in [0.2, 0.25) is 15.1 Å². The van der Waals surface area contributed by atoms with Crippen molar-refractivity contribution in [1.82, 2.24) is 10.7 Å². The van der Waals surface area contributed by atoms with Crippen molar-refractivity contribution in [1.29, 1.82) is 0 Å². The molecule has 0 aliphatic carbocycles. The van der Waals surface area contributed by atoms with E-state index in [1.165, 1.54) is 6.21 Å². The molecule has 0 aromatic heterocycles. The number of benzene rings is 1. The summed E-state index contributed by atoms with van der Waals surface area (Å²) >= 11 is 22.8. The Labute approximate surface area is 120 Å². The Morgan fingerprint density at radius 2 is 2.00 bits per heavy atom. The first-order valence-corrected chi connectivity index (χ1v) is 6.31. The molecular formula is C10H10Cl3N3S. The van der Waals surface area contributed by atoms with Crippen LogP contribution in [-0.2, 0) is 0 Å². The zero-order valence-electron chi connectivity index (χ0n) is 8.93. The molecule has 0 amide bonds. The van der Waals surface area contributed by atoms with Crippen molar-refractivity contribution in [3.05, 3.63) is 32.8 Å². The second-order valence-electron chi connectivity index (χ2n) is 2.99. The second-order valence-corrected chi connectivity index (χ2v) is 4.59. The van der Waals surface area contributed by atoms with Crippen molar-refractivity contribution in [3.63, 3.8) is 0 Å². The van der Waals surface area contributed by atoms with Gasteiger partial charge in [0.2, 0.25) is 0 Å². The zero-order valence-corrected chi connectivity index (χ0v) is 12.0. The van der Waals surface area contributed by atoms with Gasteiger partial charge in [0, 0.05) is 12.1 Å². The van der Waals surface area contributed by atoms with Gasteiger partial charge in [-0.15, -0.1) is 0 Å². The highest BCUT2D eigenvalue weighted by molar-refractivity contribution is 7.80. The summed E-state index contributed by atoms with van der Waals surface area (Å²) in [5.41, 5.74) is 3.18. The van der Waals surface area contributed by atoms with Crippen LogP contribution in [0.15, 0.2) is 17.2 Å². The Hall–Kier alpha value is -0.550. The molecule has 2 N–H and O–H groups in total. The summed E-state index contributed by atoms with van der Waals surface area (Å²) in [5.74, 6) is 0. The second kappa shape index (κ2) is 7.01. The predicted molar refractivity (Wildman–Crippen MR) is 78.5 cm³/mol. The van der Waals surface area contributed by atoms with Crippen LogP contribution in [0.3, 0.4) is 0 Å². The number of nitrogens with zero attached hydrogens (tertiary/aromatic N) is 1. The lowest BCUT2D eigenvalue weighted by Gasteiger charge is -2.05. The van der Waals surface area contributed by atoms with Crippen molar-refractivity contribution in [3.8, 4) is 0 Å². The summed E-state index contributed by atoms with van der Waals surface area (Å²) in [6.07, 6.45) is 1.47. The fraction of sp³-hybridized carbons (Fsp3) is 0.200. The van der Waals surface area contributed by atoms with Crippen LogP contribution in [0.25, 0.3) is 0 Å². The van der Waals surface area contributed by atoms with Gasteiger partial charge in [0.25, 0.3) is 0 Å². The van der Waals surface area contributed by atoms with Crippen molar-refractivity contribution in [2.45, 2.75) is 6.92 Å². The molecule has 0 heterocycles. The van der Waals surface area contributed by atoms with E-state index in [1.807, 2.05) is 6.92 Å². The molecule has 0 saturated carbocycles. The highest BCUT2D eigenvalue weighted by Gasteiger charge is 2.07. The van der Waals surface area contributed by atoms with Gasteiger partial charge in [-0.2, -0.15) is 5.10 Å². The van der Waals surface area contributed by atoms with Crippen molar-refractivity contribution in [2.75, 3.05) is 6.54 Å². The molecule has 1 aromatic carbocycles. The summed E-state index contributed by atoms with van der Waals surface area (Å²) in [6.45, 7) is 2.66. The van der Waals surface area contributed by atoms with E-state index in [0.717, 1.165) is 6.54 Å². The molecule has 0 fully saturated rings. The monoisotopic (exact) mass is 309 g/mol. The molecule has 92 valence electrons. The van der Waals surface area contributed by atoms with Crippen LogP contribution in [0.4, 0.5) is 0 Å². The average molecular weight is 311 g/mol. The molecule has 0 unspecified atom stereocenters. The quantitative estimate of drug-likeness (QED) is 0.388. The first-order valence-electron chi connectivity index (χ1n) is 4.76. The van der Waals surface area contributed by atoms with Gasteiger partial charge >= 0.3 is 0 Å². The molecule has 1 rings (SSSR count). The number of hydrogen-bond acceptors (Lipinski definition) is 2. The SMILES string of the molecule is CCNC(=S)NN=Cc1c(Cl)ccc(Cl)c1Cl. The smallest absolute Gasteiger partial charge is 0.186 e. The number of hydrogen-bond donors (Lipinski definition) is 2. The van der Waals surface area contributed by atoms with E-state index >= 15 is 0 Å². The van der Waals surface area contributed by atoms with E-state index in [9.17, 15) is 0 Å². The molecule has 0 radical (unpaired) electrons. The Bertz CT molecular complexity index is 449. The summed E-state index contributed by atoms with van der Waals surface area (Å²) in [6, 6.07) is 3.28. The lowest BCUT2D eigenvalue weighted by atomic mass is 10.2. The zero-order chi connectivity index (χ0) is 12.8. The van der Waals surface area contributed by atoms with E-state index in [-0.39, 0.29) is 0 Å². The molecule has 0 atom stereocenters. The third-order valence-corrected chi connectivity index (χ3v) is 3.16. The van der Waals surface area contributed by atoms with Gasteiger partial charge < -0.3 is 5.32 Å². The van der Waals surface area contributed by atoms with Gasteiger partial charge in [-0.3, -0.25) is 5.43 Å². The molecule has 0 aliphatic heterocycles. The van der Waals surface area contributed by atoms with Crippen LogP contribution in [0.5, 0.6) is 0 Å².